The van der Waals surface area contributed by atoms with Crippen LogP contribution in [0.25, 0.3) is 0 Å². The van der Waals surface area contributed by atoms with E-state index in [0.29, 0.717) is 12.8 Å². The van der Waals surface area contributed by atoms with Crippen molar-refractivity contribution in [3.8, 4) is 5.75 Å². The molecule has 1 heterocycles. The van der Waals surface area contributed by atoms with E-state index in [2.05, 4.69) is 5.32 Å². The second kappa shape index (κ2) is 10.2. The van der Waals surface area contributed by atoms with Crippen LogP contribution in [0.2, 0.25) is 0 Å². The van der Waals surface area contributed by atoms with Crippen LogP contribution in [0.15, 0.2) is 52.3 Å². The molecular weight excluding hydrogens is 464 g/mol. The molecule has 1 saturated heterocycles. The van der Waals surface area contributed by atoms with Crippen molar-refractivity contribution in [2.24, 2.45) is 0 Å². The summed E-state index contributed by atoms with van der Waals surface area (Å²) in [4.78, 5) is 12.4. The van der Waals surface area contributed by atoms with E-state index in [9.17, 15) is 21.6 Å². The van der Waals surface area contributed by atoms with Gasteiger partial charge in [0.15, 0.2) is 9.84 Å². The van der Waals surface area contributed by atoms with E-state index >= 15 is 0 Å². The van der Waals surface area contributed by atoms with Gasteiger partial charge in [0.2, 0.25) is 15.9 Å². The first-order chi connectivity index (χ1) is 15.5. The van der Waals surface area contributed by atoms with Crippen LogP contribution < -0.4 is 10.1 Å². The number of hydrogen-bond acceptors (Lipinski definition) is 6. The summed E-state index contributed by atoms with van der Waals surface area (Å²) in [5.74, 6) is 0.642. The largest absolute Gasteiger partial charge is 0.493 e. The Bertz CT molecular complexity index is 1200. The number of nitrogens with zero attached hydrogens (tertiary/aromatic N) is 1. The third kappa shape index (κ3) is 6.55. The predicted molar refractivity (Wildman–Crippen MR) is 126 cm³/mol. The molecule has 0 radical (unpaired) electrons. The van der Waals surface area contributed by atoms with Crippen molar-refractivity contribution in [3.63, 3.8) is 0 Å². The topological polar surface area (TPSA) is 110 Å². The second-order valence-corrected chi connectivity index (χ2v) is 12.3. The maximum atomic E-state index is 12.9. The molecule has 0 unspecified atom stereocenters. The molecule has 1 aliphatic heterocycles. The Kier molecular flexibility index (Phi) is 7.81. The summed E-state index contributed by atoms with van der Waals surface area (Å²) in [5.41, 5.74) is 2.11. The van der Waals surface area contributed by atoms with Crippen molar-refractivity contribution in [1.29, 1.82) is 0 Å². The third-order valence-electron chi connectivity index (χ3n) is 5.64. The summed E-state index contributed by atoms with van der Waals surface area (Å²) in [7, 11) is -7.12. The van der Waals surface area contributed by atoms with E-state index in [1.165, 1.54) is 28.6 Å². The number of amides is 1. The fraction of sp³-hybridized carbons (Fsp3) is 0.435. The molecule has 10 heteroatoms. The van der Waals surface area contributed by atoms with Crippen LogP contribution in [0.1, 0.15) is 30.4 Å². The van der Waals surface area contributed by atoms with Crippen LogP contribution >= 0.6 is 0 Å². The van der Waals surface area contributed by atoms with Crippen LogP contribution in [0.3, 0.4) is 0 Å². The predicted octanol–water partition coefficient (Wildman–Crippen LogP) is 2.45. The average molecular weight is 495 g/mol. The SMILES string of the molecule is Cc1ccc(C)c(OCCC(=O)NC2CCN(S(=O)(=O)c3ccc(S(C)(=O)=O)cc3)CC2)c1. The summed E-state index contributed by atoms with van der Waals surface area (Å²) >= 11 is 0. The maximum absolute atomic E-state index is 12.9. The van der Waals surface area contributed by atoms with Gasteiger partial charge in [-0.15, -0.1) is 0 Å². The van der Waals surface area contributed by atoms with Crippen molar-refractivity contribution in [1.82, 2.24) is 9.62 Å². The number of nitrogens with one attached hydrogen (secondary N) is 1. The number of sulfonamides is 1. The van der Waals surface area contributed by atoms with Crippen LogP contribution in [0.4, 0.5) is 0 Å². The summed E-state index contributed by atoms with van der Waals surface area (Å²) in [6.07, 6.45) is 2.30. The first-order valence-electron chi connectivity index (χ1n) is 10.8. The highest BCUT2D eigenvalue weighted by Crippen LogP contribution is 2.23. The van der Waals surface area contributed by atoms with E-state index in [0.717, 1.165) is 23.1 Å². The standard InChI is InChI=1S/C23H30N2O6S2/c1-17-4-5-18(2)22(16-17)31-15-12-23(26)24-19-10-13-25(14-11-19)33(29,30)21-8-6-20(7-9-21)32(3,27)28/h4-9,16,19H,10-15H2,1-3H3,(H,24,26). The minimum Gasteiger partial charge on any atom is -0.493 e. The third-order valence-corrected chi connectivity index (χ3v) is 8.68. The lowest BCUT2D eigenvalue weighted by molar-refractivity contribution is -0.122. The highest BCUT2D eigenvalue weighted by molar-refractivity contribution is 7.90. The van der Waals surface area contributed by atoms with E-state index in [1.54, 1.807) is 0 Å². The van der Waals surface area contributed by atoms with Crippen molar-refractivity contribution < 1.29 is 26.4 Å². The Labute approximate surface area is 195 Å². The van der Waals surface area contributed by atoms with Crippen LogP contribution in [0.5, 0.6) is 5.75 Å². The molecule has 0 atom stereocenters. The smallest absolute Gasteiger partial charge is 0.243 e. The molecule has 2 aromatic rings. The van der Waals surface area contributed by atoms with E-state index in [1.807, 2.05) is 32.0 Å². The number of rotatable bonds is 8. The van der Waals surface area contributed by atoms with Crippen LogP contribution in [0, 0.1) is 13.8 Å². The number of benzene rings is 2. The van der Waals surface area contributed by atoms with Gasteiger partial charge < -0.3 is 10.1 Å². The Balaban J connectivity index is 1.48. The zero-order valence-electron chi connectivity index (χ0n) is 19.1. The average Bonchev–Trinajstić information content (AvgIpc) is 2.76. The lowest BCUT2D eigenvalue weighted by Gasteiger charge is -2.31. The molecule has 1 N–H and O–H groups in total. The van der Waals surface area contributed by atoms with Gasteiger partial charge in [-0.2, -0.15) is 4.31 Å². The van der Waals surface area contributed by atoms with Gasteiger partial charge in [0.05, 0.1) is 22.8 Å². The lowest BCUT2D eigenvalue weighted by atomic mass is 10.1. The highest BCUT2D eigenvalue weighted by Gasteiger charge is 2.30. The molecule has 1 amide bonds. The van der Waals surface area contributed by atoms with Gasteiger partial charge in [-0.3, -0.25) is 4.79 Å². The zero-order chi connectivity index (χ0) is 24.2. The van der Waals surface area contributed by atoms with Crippen molar-refractivity contribution in [3.05, 3.63) is 53.6 Å². The van der Waals surface area contributed by atoms with Crippen LogP contribution in [-0.4, -0.2) is 59.0 Å². The quantitative estimate of drug-likeness (QED) is 0.604. The van der Waals surface area contributed by atoms with Gasteiger partial charge >= 0.3 is 0 Å². The van der Waals surface area contributed by atoms with Crippen molar-refractivity contribution in [2.75, 3.05) is 26.0 Å². The molecule has 8 nitrogen and oxygen atoms in total. The number of carbonyl (C=O) groups is 1. The molecule has 1 fully saturated rings. The van der Waals surface area contributed by atoms with Gasteiger partial charge in [0.25, 0.3) is 0 Å². The first-order valence-corrected chi connectivity index (χ1v) is 14.1. The number of hydrogen-bond donors (Lipinski definition) is 1. The summed E-state index contributed by atoms with van der Waals surface area (Å²) in [6.45, 7) is 4.76. The Morgan fingerprint density at radius 1 is 1.00 bits per heavy atom. The molecule has 1 aliphatic rings. The molecule has 3 rings (SSSR count). The van der Waals surface area contributed by atoms with Gasteiger partial charge in [-0.25, -0.2) is 16.8 Å². The molecule has 2 aromatic carbocycles. The normalized spacial score (nSPS) is 15.8. The fourth-order valence-corrected chi connectivity index (χ4v) is 5.76. The molecule has 0 aliphatic carbocycles. The lowest BCUT2D eigenvalue weighted by Crippen LogP contribution is -2.46. The van der Waals surface area contributed by atoms with Crippen molar-refractivity contribution in [2.45, 2.75) is 48.9 Å². The number of piperidine rings is 1. The summed E-state index contributed by atoms with van der Waals surface area (Å²) in [5, 5.41) is 2.96. The van der Waals surface area contributed by atoms with E-state index in [4.69, 9.17) is 4.74 Å². The Morgan fingerprint density at radius 2 is 1.61 bits per heavy atom. The molecule has 0 aromatic heterocycles. The number of carbonyl (C=O) groups excluding carboxylic acids is 1. The summed E-state index contributed by atoms with van der Waals surface area (Å²) < 4.78 is 56.0. The van der Waals surface area contributed by atoms with Gasteiger partial charge in [-0.05, 0) is 68.1 Å². The number of sulfone groups is 1. The minimum absolute atomic E-state index is 0.0565. The summed E-state index contributed by atoms with van der Waals surface area (Å²) in [6, 6.07) is 11.1. The molecule has 0 spiro atoms. The molecule has 180 valence electrons. The molecular formula is C23H30N2O6S2. The van der Waals surface area contributed by atoms with Gasteiger partial charge in [-0.1, -0.05) is 12.1 Å². The molecule has 0 bridgehead atoms. The Morgan fingerprint density at radius 3 is 2.21 bits per heavy atom. The maximum Gasteiger partial charge on any atom is 0.243 e. The van der Waals surface area contributed by atoms with E-state index < -0.39 is 19.9 Å². The Hall–Kier alpha value is -2.43. The van der Waals surface area contributed by atoms with Gasteiger partial charge in [0, 0.05) is 25.4 Å². The van der Waals surface area contributed by atoms with Crippen molar-refractivity contribution >= 4 is 25.8 Å². The monoisotopic (exact) mass is 494 g/mol. The number of aryl methyl sites for hydroxylation is 2. The molecule has 33 heavy (non-hydrogen) atoms. The van der Waals surface area contributed by atoms with Gasteiger partial charge in [0.1, 0.15) is 5.75 Å². The second-order valence-electron chi connectivity index (χ2n) is 8.36. The molecule has 0 saturated carbocycles. The number of ether oxygens (including phenoxy) is 1. The van der Waals surface area contributed by atoms with Crippen LogP contribution in [-0.2, 0) is 24.7 Å². The minimum atomic E-state index is -3.72. The highest BCUT2D eigenvalue weighted by atomic mass is 32.2. The first kappa shape index (κ1) is 25.2. The zero-order valence-corrected chi connectivity index (χ0v) is 20.7. The fourth-order valence-electron chi connectivity index (χ4n) is 3.66. The van der Waals surface area contributed by atoms with E-state index in [-0.39, 0.29) is 47.9 Å².